The molecule has 0 spiro atoms. The van der Waals surface area contributed by atoms with Gasteiger partial charge in [0.05, 0.1) is 23.6 Å². The molecule has 28 heavy (non-hydrogen) atoms. The molecule has 1 aliphatic carbocycles. The van der Waals surface area contributed by atoms with E-state index in [1.165, 1.54) is 6.42 Å². The third kappa shape index (κ3) is 4.99. The normalized spacial score (nSPS) is 23.2. The van der Waals surface area contributed by atoms with Crippen molar-refractivity contribution in [3.8, 4) is 22.8 Å². The van der Waals surface area contributed by atoms with Gasteiger partial charge in [0.15, 0.2) is 0 Å². The van der Waals surface area contributed by atoms with E-state index in [-0.39, 0.29) is 36.5 Å². The van der Waals surface area contributed by atoms with Gasteiger partial charge in [-0.05, 0) is 55.8 Å². The van der Waals surface area contributed by atoms with Gasteiger partial charge in [0.25, 0.3) is 0 Å². The maximum absolute atomic E-state index is 10.5. The first-order valence-corrected chi connectivity index (χ1v) is 9.42. The number of benzene rings is 1. The van der Waals surface area contributed by atoms with Crippen LogP contribution in [0.2, 0.25) is 0 Å². The average molecular weight is 427 g/mol. The van der Waals surface area contributed by atoms with Crippen LogP contribution in [0.25, 0.3) is 11.3 Å². The Labute approximate surface area is 178 Å². The van der Waals surface area contributed by atoms with Crippen LogP contribution < -0.4 is 15.8 Å². The molecule has 8 heteroatoms. The lowest BCUT2D eigenvalue weighted by atomic mass is 9.94. The molecule has 0 amide bonds. The second-order valence-corrected chi connectivity index (χ2v) is 7.51. The molecule has 3 atom stereocenters. The number of halogens is 2. The molecular weight excluding hydrogens is 399 g/mol. The van der Waals surface area contributed by atoms with Crippen LogP contribution in [0.1, 0.15) is 37.8 Å². The predicted molar refractivity (Wildman–Crippen MR) is 116 cm³/mol. The summed E-state index contributed by atoms with van der Waals surface area (Å²) in [4.78, 5) is 8.83. The number of nitrogen functional groups attached to an aromatic ring is 1. The zero-order valence-electron chi connectivity index (χ0n) is 15.9. The Morgan fingerprint density at radius 3 is 2.75 bits per heavy atom. The third-order valence-electron chi connectivity index (χ3n) is 5.47. The summed E-state index contributed by atoms with van der Waals surface area (Å²) in [6, 6.07) is 7.26. The van der Waals surface area contributed by atoms with Gasteiger partial charge in [0.2, 0.25) is 5.95 Å². The minimum atomic E-state index is 0. The fourth-order valence-corrected chi connectivity index (χ4v) is 3.65. The topological polar surface area (TPSA) is 93.3 Å². The minimum Gasteiger partial charge on any atom is -0.507 e. The molecule has 2 fully saturated rings. The lowest BCUT2D eigenvalue weighted by molar-refractivity contribution is 0.293. The molecule has 6 nitrogen and oxygen atoms in total. The second-order valence-electron chi connectivity index (χ2n) is 7.51. The summed E-state index contributed by atoms with van der Waals surface area (Å²) in [6.07, 6.45) is 3.40. The number of aromatic hydroxyl groups is 1. The molecule has 0 bridgehead atoms. The highest BCUT2D eigenvalue weighted by molar-refractivity contribution is 5.85. The number of phenolic OH excluding ortho intramolecular Hbond substituents is 1. The lowest BCUT2D eigenvalue weighted by Gasteiger charge is -2.23. The largest absolute Gasteiger partial charge is 0.507 e. The number of aromatic nitrogens is 2. The van der Waals surface area contributed by atoms with Crippen LogP contribution in [0.5, 0.6) is 11.5 Å². The molecule has 4 rings (SSSR count). The van der Waals surface area contributed by atoms with Crippen molar-refractivity contribution in [2.24, 2.45) is 11.8 Å². The number of hydrogen-bond donors (Lipinski definition) is 3. The Bertz CT molecular complexity index is 800. The number of phenols is 1. The Morgan fingerprint density at radius 1 is 1.29 bits per heavy atom. The summed E-state index contributed by atoms with van der Waals surface area (Å²) < 4.78 is 6.02. The van der Waals surface area contributed by atoms with Crippen molar-refractivity contribution in [1.82, 2.24) is 15.3 Å². The zero-order valence-corrected chi connectivity index (χ0v) is 17.6. The Morgan fingerprint density at radius 2 is 2.07 bits per heavy atom. The van der Waals surface area contributed by atoms with Crippen LogP contribution in [-0.4, -0.2) is 34.8 Å². The molecule has 2 aromatic rings. The van der Waals surface area contributed by atoms with Gasteiger partial charge in [-0.3, -0.25) is 0 Å². The van der Waals surface area contributed by atoms with E-state index in [0.29, 0.717) is 35.4 Å². The molecule has 1 aromatic heterocycles. The van der Waals surface area contributed by atoms with Gasteiger partial charge in [0, 0.05) is 12.5 Å². The van der Waals surface area contributed by atoms with Crippen molar-refractivity contribution in [3.63, 3.8) is 0 Å². The fraction of sp³-hybridized carbons (Fsp3) is 0.500. The van der Waals surface area contributed by atoms with Gasteiger partial charge >= 0.3 is 0 Å². The first kappa shape index (κ1) is 22.5. The zero-order chi connectivity index (χ0) is 18.1. The maximum Gasteiger partial charge on any atom is 0.220 e. The van der Waals surface area contributed by atoms with Crippen molar-refractivity contribution in [3.05, 3.63) is 30.0 Å². The third-order valence-corrected chi connectivity index (χ3v) is 5.47. The SMILES string of the molecule is CC1CC1COc1cccc(O)c1-c1cc(C2CCCNC2)nc(N)n1.Cl.Cl. The number of hydrogen-bond acceptors (Lipinski definition) is 6. The van der Waals surface area contributed by atoms with Crippen LogP contribution in [0, 0.1) is 11.8 Å². The van der Waals surface area contributed by atoms with Crippen molar-refractivity contribution in [2.45, 2.75) is 32.1 Å². The number of nitrogens with zero attached hydrogens (tertiary/aromatic N) is 2. The van der Waals surface area contributed by atoms with Gasteiger partial charge < -0.3 is 20.9 Å². The van der Waals surface area contributed by atoms with Crippen LogP contribution in [0.15, 0.2) is 24.3 Å². The van der Waals surface area contributed by atoms with E-state index in [1.807, 2.05) is 12.1 Å². The maximum atomic E-state index is 10.5. The van der Waals surface area contributed by atoms with E-state index in [4.69, 9.17) is 10.5 Å². The highest BCUT2D eigenvalue weighted by atomic mass is 35.5. The number of anilines is 1. The van der Waals surface area contributed by atoms with Crippen molar-refractivity contribution >= 4 is 30.8 Å². The van der Waals surface area contributed by atoms with Gasteiger partial charge in [-0.15, -0.1) is 24.8 Å². The van der Waals surface area contributed by atoms with Crippen molar-refractivity contribution < 1.29 is 9.84 Å². The van der Waals surface area contributed by atoms with E-state index in [2.05, 4.69) is 22.2 Å². The highest BCUT2D eigenvalue weighted by Crippen LogP contribution is 2.41. The Kier molecular flexibility index (Phi) is 7.75. The lowest BCUT2D eigenvalue weighted by Crippen LogP contribution is -2.29. The van der Waals surface area contributed by atoms with E-state index >= 15 is 0 Å². The average Bonchev–Trinajstić information content (AvgIpc) is 3.35. The van der Waals surface area contributed by atoms with E-state index in [9.17, 15) is 5.11 Å². The standard InChI is InChI=1S/C20H26N4O2.2ClH/c1-12-8-14(12)11-26-18-6-2-5-17(25)19(18)16-9-15(23-20(21)24-16)13-4-3-7-22-10-13;;/h2,5-6,9,12-14,22,25H,3-4,7-8,10-11H2,1H3,(H2,21,23,24);2*1H. The number of nitrogens with two attached hydrogens (primary N) is 1. The number of rotatable bonds is 5. The summed E-state index contributed by atoms with van der Waals surface area (Å²) >= 11 is 0. The summed E-state index contributed by atoms with van der Waals surface area (Å²) in [5.74, 6) is 2.66. The summed E-state index contributed by atoms with van der Waals surface area (Å²) in [5.41, 5.74) is 8.13. The van der Waals surface area contributed by atoms with Gasteiger partial charge in [-0.25, -0.2) is 9.97 Å². The van der Waals surface area contributed by atoms with Crippen molar-refractivity contribution in [2.75, 3.05) is 25.4 Å². The second kappa shape index (κ2) is 9.63. The molecule has 1 saturated heterocycles. The summed E-state index contributed by atoms with van der Waals surface area (Å²) in [6.45, 7) is 4.82. The number of nitrogens with one attached hydrogen (secondary N) is 1. The Hall–Kier alpha value is -1.76. The molecule has 1 saturated carbocycles. The van der Waals surface area contributed by atoms with Gasteiger partial charge in [0.1, 0.15) is 11.5 Å². The molecule has 0 radical (unpaired) electrons. The highest BCUT2D eigenvalue weighted by Gasteiger charge is 2.33. The summed E-state index contributed by atoms with van der Waals surface area (Å²) in [5, 5.41) is 13.9. The molecular formula is C20H28Cl2N4O2. The molecule has 2 heterocycles. The molecule has 1 aliphatic heterocycles. The first-order chi connectivity index (χ1) is 12.6. The monoisotopic (exact) mass is 426 g/mol. The van der Waals surface area contributed by atoms with E-state index in [1.54, 1.807) is 12.1 Å². The van der Waals surface area contributed by atoms with Crippen molar-refractivity contribution in [1.29, 1.82) is 0 Å². The van der Waals surface area contributed by atoms with Crippen LogP contribution in [0.3, 0.4) is 0 Å². The first-order valence-electron chi connectivity index (χ1n) is 9.42. The van der Waals surface area contributed by atoms with Crippen LogP contribution in [-0.2, 0) is 0 Å². The molecule has 2 aliphatic rings. The van der Waals surface area contributed by atoms with Crippen LogP contribution >= 0.6 is 24.8 Å². The molecule has 1 aromatic carbocycles. The van der Waals surface area contributed by atoms with Gasteiger partial charge in [-0.1, -0.05) is 13.0 Å². The van der Waals surface area contributed by atoms with Gasteiger partial charge in [-0.2, -0.15) is 0 Å². The smallest absolute Gasteiger partial charge is 0.220 e. The predicted octanol–water partition coefficient (Wildman–Crippen LogP) is 3.78. The molecule has 4 N–H and O–H groups in total. The Balaban J connectivity index is 0.00000140. The van der Waals surface area contributed by atoms with E-state index in [0.717, 1.165) is 37.5 Å². The quantitative estimate of drug-likeness (QED) is 0.673. The fourth-order valence-electron chi connectivity index (χ4n) is 3.65. The number of ether oxygens (including phenoxy) is 1. The van der Waals surface area contributed by atoms with E-state index < -0.39 is 0 Å². The molecule has 154 valence electrons. The number of piperidine rings is 1. The van der Waals surface area contributed by atoms with Crippen LogP contribution in [0.4, 0.5) is 5.95 Å². The summed E-state index contributed by atoms with van der Waals surface area (Å²) in [7, 11) is 0. The molecule has 3 unspecified atom stereocenters. The minimum absolute atomic E-state index is 0.